The van der Waals surface area contributed by atoms with Gasteiger partial charge in [-0.1, -0.05) is 20.3 Å². The van der Waals surface area contributed by atoms with Crippen LogP contribution in [-0.4, -0.2) is 31.3 Å². The molecule has 0 spiro atoms. The van der Waals surface area contributed by atoms with Gasteiger partial charge < -0.3 is 16.2 Å². The number of nitrogens with two attached hydrogens (primary N) is 1. The third-order valence-corrected chi connectivity index (χ3v) is 1.10. The van der Waals surface area contributed by atoms with Crippen LogP contribution in [0, 0.1) is 0 Å². The maximum absolute atomic E-state index is 8.13. The quantitative estimate of drug-likeness (QED) is 0.572. The number of nitrogens with one attached hydrogen (secondary N) is 1. The van der Waals surface area contributed by atoms with Crippen LogP contribution in [0.25, 0.3) is 0 Å². The van der Waals surface area contributed by atoms with Gasteiger partial charge in [-0.15, -0.1) is 12.4 Å². The molecule has 0 aromatic heterocycles. The summed E-state index contributed by atoms with van der Waals surface area (Å²) in [6, 6.07) is 0. The lowest BCUT2D eigenvalue weighted by atomic mass is 10.3. The van der Waals surface area contributed by atoms with Gasteiger partial charge in [0.1, 0.15) is 0 Å². The van der Waals surface area contributed by atoms with E-state index in [4.69, 9.17) is 10.8 Å². The lowest BCUT2D eigenvalue weighted by Crippen LogP contribution is -2.16. The lowest BCUT2D eigenvalue weighted by Gasteiger charge is -1.91. The summed E-state index contributed by atoms with van der Waals surface area (Å²) in [5.41, 5.74) is 5.14. The Bertz CT molecular complexity index is 50.3. The van der Waals surface area contributed by atoms with E-state index in [1.54, 1.807) is 0 Å². The number of rotatable bonds is 5. The van der Waals surface area contributed by atoms with Crippen molar-refractivity contribution in [3.8, 4) is 0 Å². The number of aliphatic hydroxyl groups is 1. The van der Waals surface area contributed by atoms with Crippen molar-refractivity contribution in [3.63, 3.8) is 0 Å². The molecular formula is C8H23ClN2O. The van der Waals surface area contributed by atoms with Crippen LogP contribution in [0.4, 0.5) is 0 Å². The molecule has 0 aromatic carbocycles. The number of hydrogen-bond donors (Lipinski definition) is 3. The summed E-state index contributed by atoms with van der Waals surface area (Å²) in [4.78, 5) is 0. The Morgan fingerprint density at radius 3 is 2.00 bits per heavy atom. The number of unbranched alkanes of at least 4 members (excludes halogenated alkanes) is 1. The first kappa shape index (κ1) is 18.1. The van der Waals surface area contributed by atoms with Crippen molar-refractivity contribution in [2.24, 2.45) is 5.73 Å². The maximum Gasteiger partial charge on any atom is 0.0555 e. The Kier molecular flexibility index (Phi) is 33.8. The molecule has 0 saturated carbocycles. The summed E-state index contributed by atoms with van der Waals surface area (Å²) in [5, 5.41) is 11.1. The minimum Gasteiger partial charge on any atom is -0.395 e. The van der Waals surface area contributed by atoms with Gasteiger partial charge in [-0.05, 0) is 19.5 Å². The molecule has 0 unspecified atom stereocenters. The predicted octanol–water partition coefficient (Wildman–Crippen LogP) is 0.755. The van der Waals surface area contributed by atoms with Crippen LogP contribution >= 0.6 is 12.4 Å². The van der Waals surface area contributed by atoms with Gasteiger partial charge in [0, 0.05) is 6.54 Å². The first-order chi connectivity index (χ1) is 5.33. The highest BCUT2D eigenvalue weighted by molar-refractivity contribution is 5.85. The van der Waals surface area contributed by atoms with Crippen LogP contribution in [0.5, 0.6) is 0 Å². The number of halogens is 1. The van der Waals surface area contributed by atoms with Crippen LogP contribution in [0.2, 0.25) is 0 Å². The molecule has 0 fully saturated rings. The van der Waals surface area contributed by atoms with E-state index in [1.807, 2.05) is 6.92 Å². The molecule has 4 N–H and O–H groups in total. The molecule has 0 aliphatic carbocycles. The van der Waals surface area contributed by atoms with Crippen molar-refractivity contribution in [1.82, 2.24) is 5.32 Å². The lowest BCUT2D eigenvalue weighted by molar-refractivity contribution is 0.293. The molecule has 0 radical (unpaired) electrons. The maximum atomic E-state index is 8.13. The molecule has 0 bridgehead atoms. The summed E-state index contributed by atoms with van der Waals surface area (Å²) in [5.74, 6) is 0. The van der Waals surface area contributed by atoms with E-state index in [-0.39, 0.29) is 19.0 Å². The van der Waals surface area contributed by atoms with Gasteiger partial charge in [0.25, 0.3) is 0 Å². The monoisotopic (exact) mass is 198 g/mol. The molecule has 0 saturated heterocycles. The Balaban J connectivity index is -0.000000126. The van der Waals surface area contributed by atoms with Crippen molar-refractivity contribution in [1.29, 1.82) is 0 Å². The standard InChI is InChI=1S/C4H11NO.C4H11N.ClH/c1-2-5-3-4-6;1-2-3-4-5;/h5-6H,2-4H2,1H3;2-5H2,1H3;1H. The first-order valence-electron chi connectivity index (χ1n) is 4.35. The average Bonchev–Trinajstić information content (AvgIpc) is 2.04. The Hall–Kier alpha value is 0.170. The largest absolute Gasteiger partial charge is 0.395 e. The molecule has 0 heterocycles. The van der Waals surface area contributed by atoms with Crippen molar-refractivity contribution in [2.75, 3.05) is 26.2 Å². The normalized spacial score (nSPS) is 8.00. The third-order valence-electron chi connectivity index (χ3n) is 1.10. The van der Waals surface area contributed by atoms with Crippen LogP contribution in [0.1, 0.15) is 26.7 Å². The van der Waals surface area contributed by atoms with Crippen molar-refractivity contribution >= 4 is 12.4 Å². The molecule has 78 valence electrons. The number of hydrogen-bond acceptors (Lipinski definition) is 3. The fourth-order valence-corrected chi connectivity index (χ4v) is 0.460. The van der Waals surface area contributed by atoms with Gasteiger partial charge in [-0.3, -0.25) is 0 Å². The molecule has 0 aliphatic rings. The average molecular weight is 199 g/mol. The molecule has 0 rings (SSSR count). The van der Waals surface area contributed by atoms with Crippen LogP contribution in [0.3, 0.4) is 0 Å². The minimum absolute atomic E-state index is 0. The summed E-state index contributed by atoms with van der Waals surface area (Å²) < 4.78 is 0. The molecule has 0 aromatic rings. The van der Waals surface area contributed by atoms with E-state index in [0.717, 1.165) is 19.6 Å². The van der Waals surface area contributed by atoms with Crippen LogP contribution in [-0.2, 0) is 0 Å². The summed E-state index contributed by atoms with van der Waals surface area (Å²) in [6.07, 6.45) is 2.39. The molecule has 0 atom stereocenters. The Morgan fingerprint density at radius 2 is 1.92 bits per heavy atom. The van der Waals surface area contributed by atoms with Gasteiger partial charge in [-0.2, -0.15) is 0 Å². The van der Waals surface area contributed by atoms with Crippen molar-refractivity contribution < 1.29 is 5.11 Å². The van der Waals surface area contributed by atoms with E-state index in [9.17, 15) is 0 Å². The smallest absolute Gasteiger partial charge is 0.0555 e. The molecule has 0 amide bonds. The van der Waals surface area contributed by atoms with Crippen molar-refractivity contribution in [2.45, 2.75) is 26.7 Å². The Labute approximate surface area is 82.1 Å². The van der Waals surface area contributed by atoms with E-state index >= 15 is 0 Å². The second-order valence-corrected chi connectivity index (χ2v) is 2.22. The van der Waals surface area contributed by atoms with E-state index in [0.29, 0.717) is 0 Å². The molecule has 12 heavy (non-hydrogen) atoms. The van der Waals surface area contributed by atoms with Gasteiger partial charge in [0.05, 0.1) is 6.61 Å². The van der Waals surface area contributed by atoms with E-state index < -0.39 is 0 Å². The molecular weight excluding hydrogens is 176 g/mol. The number of aliphatic hydroxyl groups excluding tert-OH is 1. The highest BCUT2D eigenvalue weighted by Crippen LogP contribution is 1.77. The van der Waals surface area contributed by atoms with Crippen molar-refractivity contribution in [3.05, 3.63) is 0 Å². The molecule has 3 nitrogen and oxygen atoms in total. The summed E-state index contributed by atoms with van der Waals surface area (Å²) in [6.45, 7) is 6.89. The zero-order valence-electron chi connectivity index (χ0n) is 8.18. The Morgan fingerprint density at radius 1 is 1.33 bits per heavy atom. The number of likely N-dealkylation sites (N-methyl/N-ethyl adjacent to an activating group) is 1. The summed E-state index contributed by atoms with van der Waals surface area (Å²) >= 11 is 0. The second-order valence-electron chi connectivity index (χ2n) is 2.22. The fourth-order valence-electron chi connectivity index (χ4n) is 0.460. The molecule has 4 heteroatoms. The van der Waals surface area contributed by atoms with E-state index in [1.165, 1.54) is 12.8 Å². The highest BCUT2D eigenvalue weighted by Gasteiger charge is 1.72. The minimum atomic E-state index is 0. The van der Waals surface area contributed by atoms with E-state index in [2.05, 4.69) is 12.2 Å². The van der Waals surface area contributed by atoms with Gasteiger partial charge in [0.15, 0.2) is 0 Å². The summed E-state index contributed by atoms with van der Waals surface area (Å²) in [7, 11) is 0. The zero-order chi connectivity index (χ0) is 8.95. The SMILES string of the molecule is CCCCN.CCNCCO.Cl. The van der Waals surface area contributed by atoms with Gasteiger partial charge in [0.2, 0.25) is 0 Å². The topological polar surface area (TPSA) is 58.3 Å². The predicted molar refractivity (Wildman–Crippen MR) is 56.8 cm³/mol. The fraction of sp³-hybridized carbons (Fsp3) is 1.00. The first-order valence-corrected chi connectivity index (χ1v) is 4.35. The second kappa shape index (κ2) is 22.5. The van der Waals surface area contributed by atoms with Crippen LogP contribution in [0.15, 0.2) is 0 Å². The zero-order valence-corrected chi connectivity index (χ0v) is 8.99. The highest BCUT2D eigenvalue weighted by atomic mass is 35.5. The van der Waals surface area contributed by atoms with Gasteiger partial charge >= 0.3 is 0 Å². The van der Waals surface area contributed by atoms with Gasteiger partial charge in [-0.25, -0.2) is 0 Å². The van der Waals surface area contributed by atoms with Crippen LogP contribution < -0.4 is 11.1 Å². The third kappa shape index (κ3) is 32.0. The molecule has 0 aliphatic heterocycles.